The summed E-state index contributed by atoms with van der Waals surface area (Å²) < 4.78 is 8.78. The molecule has 0 aromatic carbocycles. The van der Waals surface area contributed by atoms with Crippen LogP contribution in [0.5, 0.6) is 0 Å². The quantitative estimate of drug-likeness (QED) is 0.696. The van der Waals surface area contributed by atoms with Gasteiger partial charge in [-0.2, -0.15) is 0 Å². The van der Waals surface area contributed by atoms with Gasteiger partial charge in [0.25, 0.3) is 0 Å². The van der Waals surface area contributed by atoms with Gasteiger partial charge in [-0.05, 0) is 45.1 Å². The van der Waals surface area contributed by atoms with Gasteiger partial charge in [-0.1, -0.05) is 19.1 Å². The van der Waals surface area contributed by atoms with Crippen LogP contribution in [0.25, 0.3) is 0 Å². The summed E-state index contributed by atoms with van der Waals surface area (Å²) in [5, 5.41) is 0. The predicted octanol–water partition coefficient (Wildman–Crippen LogP) is 3.32. The Bertz CT molecular complexity index is 819. The molecule has 5 rings (SSSR count). The van der Waals surface area contributed by atoms with Crippen LogP contribution in [0.3, 0.4) is 0 Å². The zero-order valence-electron chi connectivity index (χ0n) is 18.6. The van der Waals surface area contributed by atoms with Gasteiger partial charge < -0.3 is 19.1 Å². The summed E-state index contributed by atoms with van der Waals surface area (Å²) >= 11 is 0. The summed E-state index contributed by atoms with van der Waals surface area (Å²) in [7, 11) is 2.22. The summed E-state index contributed by atoms with van der Waals surface area (Å²) in [6.45, 7) is 7.43. The fraction of sp³-hybridized carbons (Fsp3) is 0.750. The second-order valence-corrected chi connectivity index (χ2v) is 10.3. The van der Waals surface area contributed by atoms with E-state index >= 15 is 0 Å². The summed E-state index contributed by atoms with van der Waals surface area (Å²) in [6, 6.07) is 0. The van der Waals surface area contributed by atoms with Gasteiger partial charge in [-0.25, -0.2) is 4.98 Å². The molecule has 1 aromatic heterocycles. The van der Waals surface area contributed by atoms with Crippen molar-refractivity contribution in [3.05, 3.63) is 29.9 Å². The normalized spacial score (nSPS) is 28.2. The van der Waals surface area contributed by atoms with Gasteiger partial charge in [0.2, 0.25) is 5.91 Å². The van der Waals surface area contributed by atoms with Crippen molar-refractivity contribution < 1.29 is 9.53 Å². The van der Waals surface area contributed by atoms with Crippen molar-refractivity contribution in [2.45, 2.75) is 70.6 Å². The fourth-order valence-electron chi connectivity index (χ4n) is 5.61. The highest BCUT2D eigenvalue weighted by atomic mass is 16.5. The van der Waals surface area contributed by atoms with Gasteiger partial charge in [0.1, 0.15) is 11.4 Å². The zero-order chi connectivity index (χ0) is 20.8. The van der Waals surface area contributed by atoms with Crippen LogP contribution in [-0.2, 0) is 28.2 Å². The van der Waals surface area contributed by atoms with Crippen molar-refractivity contribution in [1.82, 2.24) is 19.4 Å². The molecule has 0 N–H and O–H groups in total. The van der Waals surface area contributed by atoms with Gasteiger partial charge in [-0.15, -0.1) is 0 Å². The predicted molar refractivity (Wildman–Crippen MR) is 116 cm³/mol. The molecule has 0 bridgehead atoms. The Morgan fingerprint density at radius 1 is 1.23 bits per heavy atom. The third-order valence-corrected chi connectivity index (χ3v) is 7.71. The molecule has 6 nitrogen and oxygen atoms in total. The van der Waals surface area contributed by atoms with Gasteiger partial charge in [0.15, 0.2) is 0 Å². The number of allylic oxidation sites excluding steroid dienone is 2. The minimum absolute atomic E-state index is 0.232. The molecule has 164 valence electrons. The van der Waals surface area contributed by atoms with Crippen molar-refractivity contribution in [2.75, 3.05) is 33.3 Å². The van der Waals surface area contributed by atoms with Crippen molar-refractivity contribution in [3.63, 3.8) is 0 Å². The third-order valence-electron chi connectivity index (χ3n) is 7.71. The van der Waals surface area contributed by atoms with Crippen LogP contribution < -0.4 is 0 Å². The number of carbonyl (C=O) groups is 1. The Hall–Kier alpha value is -1.66. The minimum atomic E-state index is -0.324. The molecule has 1 unspecified atom stereocenters. The highest BCUT2D eigenvalue weighted by molar-refractivity contribution is 5.82. The smallest absolute Gasteiger partial charge is 0.228 e. The van der Waals surface area contributed by atoms with Crippen molar-refractivity contribution >= 4 is 5.91 Å². The number of ether oxygens (including phenoxy) is 1. The second kappa shape index (κ2) is 7.79. The third kappa shape index (κ3) is 3.73. The average molecular weight is 413 g/mol. The Labute approximate surface area is 180 Å². The summed E-state index contributed by atoms with van der Waals surface area (Å²) in [4.78, 5) is 22.6. The number of carbonyl (C=O) groups excluding carboxylic acids is 1. The summed E-state index contributed by atoms with van der Waals surface area (Å²) in [5.41, 5.74) is 0.746. The molecular formula is C24H36N4O2. The molecule has 2 aliphatic carbocycles. The maximum Gasteiger partial charge on any atom is 0.228 e. The van der Waals surface area contributed by atoms with E-state index in [2.05, 4.69) is 46.7 Å². The molecule has 1 atom stereocenters. The van der Waals surface area contributed by atoms with Crippen LogP contribution >= 0.6 is 0 Å². The molecule has 1 spiro atoms. The molecule has 1 saturated carbocycles. The monoisotopic (exact) mass is 412 g/mol. The van der Waals surface area contributed by atoms with Crippen LogP contribution in [0.4, 0.5) is 0 Å². The Morgan fingerprint density at radius 2 is 2.03 bits per heavy atom. The lowest BCUT2D eigenvalue weighted by atomic mass is 9.77. The minimum Gasteiger partial charge on any atom is -0.365 e. The highest BCUT2D eigenvalue weighted by Crippen LogP contribution is 2.41. The average Bonchev–Trinajstić information content (AvgIpc) is 3.47. The maximum atomic E-state index is 13.2. The lowest BCUT2D eigenvalue weighted by molar-refractivity contribution is -0.153. The number of hydrogen-bond donors (Lipinski definition) is 0. The van der Waals surface area contributed by atoms with E-state index in [9.17, 15) is 4.79 Å². The molecule has 30 heavy (non-hydrogen) atoms. The fourth-order valence-corrected chi connectivity index (χ4v) is 5.61. The molecular weight excluding hydrogens is 376 g/mol. The summed E-state index contributed by atoms with van der Waals surface area (Å²) in [5.74, 6) is 2.31. The van der Waals surface area contributed by atoms with Gasteiger partial charge in [0.05, 0.1) is 17.7 Å². The number of piperidine rings is 1. The topological polar surface area (TPSA) is 50.6 Å². The first kappa shape index (κ1) is 20.3. The van der Waals surface area contributed by atoms with Crippen LogP contribution in [0.15, 0.2) is 18.3 Å². The zero-order valence-corrected chi connectivity index (χ0v) is 18.6. The molecule has 1 aromatic rings. The molecule has 6 heteroatoms. The molecule has 2 aliphatic heterocycles. The first-order valence-corrected chi connectivity index (χ1v) is 11.8. The van der Waals surface area contributed by atoms with E-state index in [1.807, 2.05) is 0 Å². The largest absolute Gasteiger partial charge is 0.365 e. The van der Waals surface area contributed by atoms with Crippen LogP contribution in [0, 0.1) is 11.3 Å². The first-order valence-electron chi connectivity index (χ1n) is 11.8. The summed E-state index contributed by atoms with van der Waals surface area (Å²) in [6.07, 6.45) is 13.7. The van der Waals surface area contributed by atoms with Crippen molar-refractivity contribution in [2.24, 2.45) is 11.3 Å². The molecule has 2 fully saturated rings. The molecule has 4 aliphatic rings. The van der Waals surface area contributed by atoms with Crippen LogP contribution in [0.1, 0.15) is 63.4 Å². The van der Waals surface area contributed by atoms with Crippen molar-refractivity contribution in [3.8, 4) is 0 Å². The molecule has 0 radical (unpaired) electrons. The van der Waals surface area contributed by atoms with E-state index in [1.165, 1.54) is 25.1 Å². The molecule has 1 amide bonds. The van der Waals surface area contributed by atoms with Gasteiger partial charge in [-0.3, -0.25) is 4.79 Å². The van der Waals surface area contributed by atoms with Crippen molar-refractivity contribution in [1.29, 1.82) is 0 Å². The van der Waals surface area contributed by atoms with Gasteiger partial charge >= 0.3 is 0 Å². The highest BCUT2D eigenvalue weighted by Gasteiger charge is 2.46. The maximum absolute atomic E-state index is 13.2. The number of rotatable bonds is 5. The Morgan fingerprint density at radius 3 is 2.73 bits per heavy atom. The van der Waals surface area contributed by atoms with E-state index in [1.54, 1.807) is 0 Å². The Balaban J connectivity index is 1.27. The number of hydrogen-bond acceptors (Lipinski definition) is 4. The van der Waals surface area contributed by atoms with E-state index < -0.39 is 0 Å². The number of likely N-dealkylation sites (tertiary alicyclic amines) is 1. The van der Waals surface area contributed by atoms with E-state index in [0.717, 1.165) is 76.6 Å². The van der Waals surface area contributed by atoms with E-state index in [-0.39, 0.29) is 11.0 Å². The number of fused-ring (bicyclic) bond motifs is 2. The van der Waals surface area contributed by atoms with Gasteiger partial charge in [0, 0.05) is 51.8 Å². The van der Waals surface area contributed by atoms with Crippen LogP contribution in [0.2, 0.25) is 0 Å². The van der Waals surface area contributed by atoms with E-state index in [0.29, 0.717) is 5.91 Å². The number of imidazole rings is 1. The SMILES string of the molecule is CN(Cc1cnc2n1CCOC21CCN(C(=O)C2(C)CC=CCC2)CC1)CC1CC1. The number of nitrogens with zero attached hydrogens (tertiary/aromatic N) is 4. The lowest BCUT2D eigenvalue weighted by Gasteiger charge is -2.45. The second-order valence-electron chi connectivity index (χ2n) is 10.3. The first-order chi connectivity index (χ1) is 14.5. The van der Waals surface area contributed by atoms with E-state index in [4.69, 9.17) is 9.72 Å². The standard InChI is InChI=1S/C24H36N4O2/c1-23(8-4-3-5-9-23)22(29)27-12-10-24(11-13-27)21-25-16-20(28(21)14-15-30-24)18-26(2)17-19-6-7-19/h3-4,16,19H,5-15,17-18H2,1-2H3. The lowest BCUT2D eigenvalue weighted by Crippen LogP contribution is -2.52. The van der Waals surface area contributed by atoms with Crippen LogP contribution in [-0.4, -0.2) is 58.5 Å². The molecule has 3 heterocycles. The molecule has 1 saturated heterocycles. The Kier molecular flexibility index (Phi) is 5.26. The number of amides is 1. The number of aromatic nitrogens is 2.